The SMILES string of the molecule is CC(C)n1cncc1C1CCCCC1COc1cccc(F)c1C=O. The Morgan fingerprint density at radius 3 is 2.92 bits per heavy atom. The van der Waals surface area contributed by atoms with Crippen LogP contribution in [0.2, 0.25) is 0 Å². The first kappa shape index (κ1) is 17.6. The van der Waals surface area contributed by atoms with Gasteiger partial charge < -0.3 is 9.30 Å². The summed E-state index contributed by atoms with van der Waals surface area (Å²) < 4.78 is 21.8. The van der Waals surface area contributed by atoms with E-state index in [2.05, 4.69) is 23.4 Å². The maximum atomic E-state index is 13.7. The van der Waals surface area contributed by atoms with Gasteiger partial charge in [-0.25, -0.2) is 9.37 Å². The highest BCUT2D eigenvalue weighted by Gasteiger charge is 2.30. The van der Waals surface area contributed by atoms with Crippen molar-refractivity contribution >= 4 is 6.29 Å². The number of benzene rings is 1. The lowest BCUT2D eigenvalue weighted by atomic mass is 9.78. The van der Waals surface area contributed by atoms with Gasteiger partial charge in [0.25, 0.3) is 0 Å². The number of carbonyl (C=O) groups is 1. The van der Waals surface area contributed by atoms with Crippen molar-refractivity contribution in [1.29, 1.82) is 0 Å². The van der Waals surface area contributed by atoms with Crippen molar-refractivity contribution in [2.75, 3.05) is 6.61 Å². The summed E-state index contributed by atoms with van der Waals surface area (Å²) in [6, 6.07) is 4.87. The second kappa shape index (κ2) is 7.81. The molecule has 1 aliphatic rings. The number of aldehydes is 1. The van der Waals surface area contributed by atoms with E-state index >= 15 is 0 Å². The van der Waals surface area contributed by atoms with Gasteiger partial charge in [0.1, 0.15) is 11.6 Å². The molecule has 0 saturated heterocycles. The smallest absolute Gasteiger partial charge is 0.156 e. The molecular formula is C20H25FN2O2. The van der Waals surface area contributed by atoms with Crippen molar-refractivity contribution in [3.8, 4) is 5.75 Å². The Balaban J connectivity index is 1.77. The number of imidazole rings is 1. The Kier molecular flexibility index (Phi) is 5.51. The van der Waals surface area contributed by atoms with Gasteiger partial charge in [-0.2, -0.15) is 0 Å². The van der Waals surface area contributed by atoms with Gasteiger partial charge in [0.2, 0.25) is 0 Å². The Labute approximate surface area is 148 Å². The minimum Gasteiger partial charge on any atom is -0.492 e. The maximum Gasteiger partial charge on any atom is 0.156 e. The molecule has 0 amide bonds. The zero-order valence-electron chi connectivity index (χ0n) is 14.8. The topological polar surface area (TPSA) is 44.1 Å². The third-order valence-electron chi connectivity index (χ3n) is 5.13. The van der Waals surface area contributed by atoms with Crippen LogP contribution in [-0.4, -0.2) is 22.4 Å². The van der Waals surface area contributed by atoms with Crippen LogP contribution in [0.4, 0.5) is 4.39 Å². The average molecular weight is 344 g/mol. The van der Waals surface area contributed by atoms with Gasteiger partial charge in [-0.15, -0.1) is 0 Å². The van der Waals surface area contributed by atoms with Crippen LogP contribution in [0, 0.1) is 11.7 Å². The molecule has 0 N–H and O–H groups in total. The van der Waals surface area contributed by atoms with Gasteiger partial charge in [-0.3, -0.25) is 4.79 Å². The molecule has 2 aromatic rings. The van der Waals surface area contributed by atoms with Crippen molar-refractivity contribution in [2.45, 2.75) is 51.5 Å². The molecule has 1 aliphatic carbocycles. The molecule has 1 aromatic carbocycles. The molecule has 2 atom stereocenters. The van der Waals surface area contributed by atoms with Crippen molar-refractivity contribution in [2.24, 2.45) is 5.92 Å². The second-order valence-corrected chi connectivity index (χ2v) is 7.05. The lowest BCUT2D eigenvalue weighted by Gasteiger charge is -2.32. The third kappa shape index (κ3) is 3.75. The maximum absolute atomic E-state index is 13.7. The summed E-state index contributed by atoms with van der Waals surface area (Å²) in [4.78, 5) is 15.5. The van der Waals surface area contributed by atoms with Crippen LogP contribution in [0.3, 0.4) is 0 Å². The van der Waals surface area contributed by atoms with Gasteiger partial charge in [0.05, 0.1) is 18.5 Å². The van der Waals surface area contributed by atoms with E-state index in [1.807, 2.05) is 12.5 Å². The van der Waals surface area contributed by atoms with Gasteiger partial charge in [0, 0.05) is 29.8 Å². The molecule has 1 aromatic heterocycles. The molecule has 0 radical (unpaired) electrons. The fourth-order valence-corrected chi connectivity index (χ4v) is 3.78. The molecule has 25 heavy (non-hydrogen) atoms. The number of halogens is 1. The molecule has 0 aliphatic heterocycles. The zero-order valence-corrected chi connectivity index (χ0v) is 14.8. The Hall–Kier alpha value is -2.17. The van der Waals surface area contributed by atoms with Crippen molar-refractivity contribution in [1.82, 2.24) is 9.55 Å². The molecule has 1 fully saturated rings. The molecule has 3 rings (SSSR count). The number of carbonyl (C=O) groups excluding carboxylic acids is 1. The molecule has 2 unspecified atom stereocenters. The van der Waals surface area contributed by atoms with Crippen LogP contribution in [0.15, 0.2) is 30.7 Å². The normalized spacial score (nSPS) is 20.6. The number of ether oxygens (including phenoxy) is 1. The molecule has 0 bridgehead atoms. The highest BCUT2D eigenvalue weighted by atomic mass is 19.1. The van der Waals surface area contributed by atoms with Crippen LogP contribution in [0.5, 0.6) is 5.75 Å². The van der Waals surface area contributed by atoms with E-state index in [-0.39, 0.29) is 5.56 Å². The summed E-state index contributed by atoms with van der Waals surface area (Å²) in [6.45, 7) is 4.80. The van der Waals surface area contributed by atoms with Crippen molar-refractivity contribution in [3.05, 3.63) is 47.8 Å². The van der Waals surface area contributed by atoms with Crippen LogP contribution < -0.4 is 4.74 Å². The molecule has 4 nitrogen and oxygen atoms in total. The summed E-state index contributed by atoms with van der Waals surface area (Å²) in [6.07, 6.45) is 8.92. The highest BCUT2D eigenvalue weighted by Crippen LogP contribution is 2.39. The fourth-order valence-electron chi connectivity index (χ4n) is 3.78. The molecule has 134 valence electrons. The standard InChI is InChI=1S/C20H25FN2O2/c1-14(2)23-13-22-10-19(23)16-7-4-3-6-15(16)12-25-20-9-5-8-18(21)17(20)11-24/h5,8-11,13-16H,3-4,6-7,12H2,1-2H3. The molecule has 1 heterocycles. The number of hydrogen-bond donors (Lipinski definition) is 0. The predicted molar refractivity (Wildman–Crippen MR) is 94.6 cm³/mol. The minimum absolute atomic E-state index is 0.00193. The predicted octanol–water partition coefficient (Wildman–Crippen LogP) is 4.77. The summed E-state index contributed by atoms with van der Waals surface area (Å²) in [5.41, 5.74) is 1.25. The van der Waals surface area contributed by atoms with E-state index in [1.54, 1.807) is 12.1 Å². The molecular weight excluding hydrogens is 319 g/mol. The van der Waals surface area contributed by atoms with E-state index < -0.39 is 5.82 Å². The van der Waals surface area contributed by atoms with Gasteiger partial charge in [-0.05, 0) is 38.8 Å². The second-order valence-electron chi connectivity index (χ2n) is 7.05. The first-order valence-electron chi connectivity index (χ1n) is 9.00. The summed E-state index contributed by atoms with van der Waals surface area (Å²) in [5, 5.41) is 0. The summed E-state index contributed by atoms with van der Waals surface area (Å²) in [5.74, 6) is 0.514. The first-order valence-corrected chi connectivity index (χ1v) is 9.00. The molecule has 1 saturated carbocycles. The number of nitrogens with zero attached hydrogens (tertiary/aromatic N) is 2. The monoisotopic (exact) mass is 344 g/mol. The minimum atomic E-state index is -0.537. The van der Waals surface area contributed by atoms with Crippen LogP contribution >= 0.6 is 0 Å². The highest BCUT2D eigenvalue weighted by molar-refractivity contribution is 5.79. The lowest BCUT2D eigenvalue weighted by molar-refractivity contribution is 0.111. The Bertz CT molecular complexity index is 726. The third-order valence-corrected chi connectivity index (χ3v) is 5.13. The van der Waals surface area contributed by atoms with Crippen LogP contribution in [0.25, 0.3) is 0 Å². The number of rotatable bonds is 6. The van der Waals surface area contributed by atoms with Crippen molar-refractivity contribution < 1.29 is 13.9 Å². The van der Waals surface area contributed by atoms with E-state index in [0.29, 0.717) is 36.5 Å². The largest absolute Gasteiger partial charge is 0.492 e. The number of hydrogen-bond acceptors (Lipinski definition) is 3. The van der Waals surface area contributed by atoms with Crippen LogP contribution in [-0.2, 0) is 0 Å². The van der Waals surface area contributed by atoms with Gasteiger partial charge >= 0.3 is 0 Å². The molecule has 0 spiro atoms. The van der Waals surface area contributed by atoms with E-state index in [1.165, 1.54) is 24.6 Å². The average Bonchev–Trinajstić information content (AvgIpc) is 3.10. The zero-order chi connectivity index (χ0) is 17.8. The van der Waals surface area contributed by atoms with Gasteiger partial charge in [0.15, 0.2) is 6.29 Å². The Morgan fingerprint density at radius 2 is 2.16 bits per heavy atom. The Morgan fingerprint density at radius 1 is 1.36 bits per heavy atom. The summed E-state index contributed by atoms with van der Waals surface area (Å²) >= 11 is 0. The van der Waals surface area contributed by atoms with Gasteiger partial charge in [-0.1, -0.05) is 18.9 Å². The van der Waals surface area contributed by atoms with E-state index in [4.69, 9.17) is 4.74 Å². The van der Waals surface area contributed by atoms with E-state index in [0.717, 1.165) is 12.8 Å². The fraction of sp³-hybridized carbons (Fsp3) is 0.500. The van der Waals surface area contributed by atoms with Crippen molar-refractivity contribution in [3.63, 3.8) is 0 Å². The summed E-state index contributed by atoms with van der Waals surface area (Å²) in [7, 11) is 0. The quantitative estimate of drug-likeness (QED) is 0.709. The van der Waals surface area contributed by atoms with E-state index in [9.17, 15) is 9.18 Å². The van der Waals surface area contributed by atoms with Crippen LogP contribution in [0.1, 0.15) is 67.5 Å². The molecule has 5 heteroatoms. The first-order chi connectivity index (χ1) is 12.1. The number of aromatic nitrogens is 2. The lowest BCUT2D eigenvalue weighted by Crippen LogP contribution is -2.26.